The first kappa shape index (κ1) is 33.8. The lowest BCUT2D eigenvalue weighted by Gasteiger charge is -2.52. The van der Waals surface area contributed by atoms with Crippen LogP contribution >= 0.6 is 18.9 Å². The molecule has 0 spiro atoms. The van der Waals surface area contributed by atoms with Crippen molar-refractivity contribution in [3.8, 4) is 11.8 Å². The van der Waals surface area contributed by atoms with Gasteiger partial charge in [-0.15, -0.1) is 0 Å². The van der Waals surface area contributed by atoms with Gasteiger partial charge in [-0.1, -0.05) is 31.6 Å². The van der Waals surface area contributed by atoms with E-state index in [4.69, 9.17) is 4.74 Å². The highest BCUT2D eigenvalue weighted by Gasteiger charge is 2.62. The molecule has 0 saturated heterocycles. The number of methoxy groups -OCH3 is 1. The van der Waals surface area contributed by atoms with Crippen LogP contribution in [0, 0.1) is 11.8 Å². The quantitative estimate of drug-likeness (QED) is 0.152. The van der Waals surface area contributed by atoms with Crippen LogP contribution in [-0.4, -0.2) is 78.2 Å². The standard InChI is InChI=1S/C29H34F3N6O2PS.C2H6/c1-37(2)28-16-15-27(18-28,19-28)35-23-13-7-6-12-22-25(42-29(30,31)32)20(36-38(22)23)11-9-17-33-21-10-8-14-24(41(4,5)39)34-26(21)40-3;1-2/h6,8,12-14,33,35H,7,15-19H2,1-5H3;1-2H3. The average molecular weight is 649 g/mol. The van der Waals surface area contributed by atoms with Crippen molar-refractivity contribution in [2.45, 2.75) is 67.4 Å². The summed E-state index contributed by atoms with van der Waals surface area (Å²) in [5.41, 5.74) is -0.255. The lowest BCUT2D eigenvalue weighted by atomic mass is 9.70. The van der Waals surface area contributed by atoms with Gasteiger partial charge in [-0.25, -0.2) is 9.67 Å². The summed E-state index contributed by atoms with van der Waals surface area (Å²) in [6, 6.07) is 0. The summed E-state index contributed by atoms with van der Waals surface area (Å²) < 4.78 is 60.5. The van der Waals surface area contributed by atoms with E-state index in [-0.39, 0.29) is 45.9 Å². The topological polar surface area (TPSA) is 83.8 Å². The van der Waals surface area contributed by atoms with Crippen LogP contribution in [0.5, 0.6) is 0 Å². The molecule has 0 aromatic carbocycles. The molecule has 0 radical (unpaired) electrons. The summed E-state index contributed by atoms with van der Waals surface area (Å²) in [6.07, 6.45) is 13.3. The van der Waals surface area contributed by atoms with Crippen LogP contribution in [0.3, 0.4) is 0 Å². The summed E-state index contributed by atoms with van der Waals surface area (Å²) in [7, 11) is 3.00. The highest BCUT2D eigenvalue weighted by atomic mass is 32.2. The molecule has 3 saturated carbocycles. The van der Waals surface area contributed by atoms with Crippen LogP contribution < -0.4 is 10.6 Å². The lowest BCUT2D eigenvalue weighted by Crippen LogP contribution is -2.61. The van der Waals surface area contributed by atoms with Crippen LogP contribution in [-0.2, 0) is 9.30 Å². The van der Waals surface area contributed by atoms with Crippen LogP contribution in [0.2, 0.25) is 0 Å². The van der Waals surface area contributed by atoms with Gasteiger partial charge in [0, 0.05) is 11.1 Å². The highest BCUT2D eigenvalue weighted by molar-refractivity contribution is 8.00. The maximum atomic E-state index is 13.7. The Morgan fingerprint density at radius 2 is 1.98 bits per heavy atom. The Morgan fingerprint density at radius 3 is 2.59 bits per heavy atom. The van der Waals surface area contributed by atoms with Crippen molar-refractivity contribution in [2.24, 2.45) is 4.99 Å². The second-order valence-electron chi connectivity index (χ2n) is 11.5. The maximum Gasteiger partial charge on any atom is 0.446 e. The summed E-state index contributed by atoms with van der Waals surface area (Å²) >= 11 is -0.204. The minimum Gasteiger partial charge on any atom is -0.479 e. The van der Waals surface area contributed by atoms with E-state index in [0.717, 1.165) is 25.7 Å². The van der Waals surface area contributed by atoms with Crippen molar-refractivity contribution in [1.29, 1.82) is 0 Å². The minimum absolute atomic E-state index is 0.0378. The molecule has 2 aliphatic heterocycles. The van der Waals surface area contributed by atoms with Crippen molar-refractivity contribution in [1.82, 2.24) is 25.3 Å². The molecule has 3 heterocycles. The molecule has 0 amide bonds. The minimum atomic E-state index is -4.51. The molecular weight excluding hydrogens is 608 g/mol. The van der Waals surface area contributed by atoms with Crippen LogP contribution in [0.1, 0.15) is 57.3 Å². The molecule has 44 heavy (non-hydrogen) atoms. The Morgan fingerprint density at radius 1 is 1.25 bits per heavy atom. The van der Waals surface area contributed by atoms with Crippen molar-refractivity contribution >= 4 is 36.7 Å². The zero-order valence-corrected chi connectivity index (χ0v) is 27.9. The van der Waals surface area contributed by atoms with E-state index in [2.05, 4.69) is 57.3 Å². The molecular formula is C31H40F3N6O2PS. The zero-order valence-electron chi connectivity index (χ0n) is 26.2. The molecule has 0 unspecified atom stereocenters. The monoisotopic (exact) mass is 648 g/mol. The Hall–Kier alpha value is -3.09. The molecule has 2 bridgehead atoms. The fraction of sp³-hybridized carbons (Fsp3) is 0.516. The van der Waals surface area contributed by atoms with Gasteiger partial charge in [0.2, 0.25) is 5.90 Å². The Labute approximate surface area is 262 Å². The van der Waals surface area contributed by atoms with Gasteiger partial charge in [0.05, 0.1) is 24.2 Å². The van der Waals surface area contributed by atoms with E-state index >= 15 is 0 Å². The maximum absolute atomic E-state index is 13.7. The summed E-state index contributed by atoms with van der Waals surface area (Å²) in [6.45, 7) is 7.28. The summed E-state index contributed by atoms with van der Waals surface area (Å²) in [5.74, 6) is 6.59. The smallest absolute Gasteiger partial charge is 0.446 e. The number of hydrogen-bond donors (Lipinski definition) is 2. The van der Waals surface area contributed by atoms with Gasteiger partial charge in [-0.05, 0) is 102 Å². The summed E-state index contributed by atoms with van der Waals surface area (Å²) in [4.78, 5) is 6.59. The number of allylic oxidation sites excluding steroid dienone is 3. The fourth-order valence-electron chi connectivity index (χ4n) is 5.88. The number of ether oxygens (including phenoxy) is 1. The van der Waals surface area contributed by atoms with Gasteiger partial charge in [0.15, 0.2) is 0 Å². The number of nitrogens with zero attached hydrogens (tertiary/aromatic N) is 4. The van der Waals surface area contributed by atoms with Crippen molar-refractivity contribution in [2.75, 3.05) is 41.1 Å². The molecule has 0 atom stereocenters. The van der Waals surface area contributed by atoms with E-state index in [1.165, 1.54) is 7.11 Å². The van der Waals surface area contributed by atoms with Gasteiger partial charge in [-0.2, -0.15) is 18.3 Å². The molecule has 2 N–H and O–H groups in total. The van der Waals surface area contributed by atoms with Crippen LogP contribution in [0.15, 0.2) is 51.1 Å². The van der Waals surface area contributed by atoms with E-state index in [1.54, 1.807) is 36.2 Å². The molecule has 6 rings (SSSR count). The first-order valence-electron chi connectivity index (χ1n) is 14.5. The number of aliphatic imine (C=N–C) groups is 1. The van der Waals surface area contributed by atoms with E-state index in [0.29, 0.717) is 29.1 Å². The third-order valence-electron chi connectivity index (χ3n) is 7.99. The third-order valence-corrected chi connectivity index (χ3v) is 10.2. The number of rotatable bonds is 7. The van der Waals surface area contributed by atoms with Crippen molar-refractivity contribution in [3.05, 3.63) is 52.6 Å². The van der Waals surface area contributed by atoms with E-state index < -0.39 is 12.7 Å². The second-order valence-corrected chi connectivity index (χ2v) is 15.7. The van der Waals surface area contributed by atoms with Gasteiger partial charge in [-0.3, -0.25) is 0 Å². The Bertz CT molecular complexity index is 1570. The number of aromatic nitrogens is 2. The van der Waals surface area contributed by atoms with Crippen molar-refractivity contribution in [3.63, 3.8) is 0 Å². The average Bonchev–Trinajstić information content (AvgIpc) is 3.48. The first-order chi connectivity index (χ1) is 20.7. The van der Waals surface area contributed by atoms with Gasteiger partial charge in [0.25, 0.3) is 0 Å². The molecule has 1 aromatic rings. The largest absolute Gasteiger partial charge is 0.479 e. The Balaban J connectivity index is 0.00000216. The SMILES string of the molecule is CC.COC1=NC(P(C)(C)=O)=CC=C=C1NCC#Cc1nn2c(c1SC(F)(F)F)C=CCC=C2NC12CCC(N(C)C)(C1)C2. The number of alkyl halides is 3. The fourth-order valence-corrected chi connectivity index (χ4v) is 7.33. The number of hydrogen-bond acceptors (Lipinski definition) is 8. The van der Waals surface area contributed by atoms with Gasteiger partial charge in [0.1, 0.15) is 29.8 Å². The number of fused-ring (bicyclic) bond motifs is 2. The van der Waals surface area contributed by atoms with Gasteiger partial charge >= 0.3 is 5.51 Å². The predicted molar refractivity (Wildman–Crippen MR) is 173 cm³/mol. The molecule has 1 aromatic heterocycles. The molecule has 13 heteroatoms. The zero-order chi connectivity index (χ0) is 32.3. The molecule has 238 valence electrons. The number of thioether (sulfide) groups is 1. The van der Waals surface area contributed by atoms with E-state index in [9.17, 15) is 17.7 Å². The highest BCUT2D eigenvalue weighted by Crippen LogP contribution is 2.58. The molecule has 5 aliphatic rings. The Kier molecular flexibility index (Phi) is 10.1. The molecule has 3 aliphatic carbocycles. The number of halogens is 3. The predicted octanol–water partition coefficient (Wildman–Crippen LogP) is 6.46. The first-order valence-corrected chi connectivity index (χ1v) is 18.0. The van der Waals surface area contributed by atoms with Crippen LogP contribution in [0.25, 0.3) is 11.9 Å². The second kappa shape index (κ2) is 13.1. The number of nitrogens with one attached hydrogen (secondary N) is 2. The van der Waals surface area contributed by atoms with Crippen molar-refractivity contribution < 1.29 is 22.5 Å². The summed E-state index contributed by atoms with van der Waals surface area (Å²) in [5, 5.41) is 11.3. The lowest BCUT2D eigenvalue weighted by molar-refractivity contribution is -0.0328. The molecule has 3 fully saturated rings. The van der Waals surface area contributed by atoms with Crippen LogP contribution in [0.4, 0.5) is 13.2 Å². The van der Waals surface area contributed by atoms with E-state index in [1.807, 2.05) is 26.0 Å². The van der Waals surface area contributed by atoms with Gasteiger partial charge < -0.3 is 24.8 Å². The normalized spacial score (nSPS) is 23.7. The third kappa shape index (κ3) is 7.24. The molecule has 8 nitrogen and oxygen atoms in total.